The predicted molar refractivity (Wildman–Crippen MR) is 105 cm³/mol. The molecule has 0 radical (unpaired) electrons. The van der Waals surface area contributed by atoms with E-state index in [-0.39, 0.29) is 36.9 Å². The molecule has 3 heterocycles. The highest BCUT2D eigenvalue weighted by Crippen LogP contribution is 2.25. The number of rotatable bonds is 3. The lowest BCUT2D eigenvalue weighted by molar-refractivity contribution is -0.137. The van der Waals surface area contributed by atoms with Crippen molar-refractivity contribution in [1.82, 2.24) is 20.0 Å². The van der Waals surface area contributed by atoms with Crippen LogP contribution in [0.2, 0.25) is 0 Å². The Morgan fingerprint density at radius 2 is 2.20 bits per heavy atom. The van der Waals surface area contributed by atoms with Gasteiger partial charge in [-0.1, -0.05) is 17.9 Å². The van der Waals surface area contributed by atoms with E-state index < -0.39 is 17.5 Å². The minimum atomic E-state index is -1.70. The van der Waals surface area contributed by atoms with Gasteiger partial charge in [-0.3, -0.25) is 9.59 Å². The number of nitrogens with zero attached hydrogens (tertiary/aromatic N) is 3. The maximum absolute atomic E-state index is 12.3. The Morgan fingerprint density at radius 1 is 1.40 bits per heavy atom. The van der Waals surface area contributed by atoms with Gasteiger partial charge in [-0.2, -0.15) is 5.10 Å². The second kappa shape index (κ2) is 7.31. The first-order valence-corrected chi connectivity index (χ1v) is 9.53. The number of hydrogen-bond donors (Lipinski definition) is 2. The van der Waals surface area contributed by atoms with Gasteiger partial charge in [0.1, 0.15) is 5.69 Å². The van der Waals surface area contributed by atoms with Gasteiger partial charge in [0.05, 0.1) is 12.3 Å². The Balaban J connectivity index is 1.72. The van der Waals surface area contributed by atoms with E-state index in [1.165, 1.54) is 9.58 Å². The lowest BCUT2D eigenvalue weighted by Gasteiger charge is -2.13. The number of nitrogens with one attached hydrogen (secondary N) is 1. The summed E-state index contributed by atoms with van der Waals surface area (Å²) in [4.78, 5) is 38.1. The summed E-state index contributed by atoms with van der Waals surface area (Å²) < 4.78 is 6.43. The summed E-state index contributed by atoms with van der Waals surface area (Å²) in [5, 5.41) is 17.5. The highest BCUT2D eigenvalue weighted by atomic mass is 16.5. The topological polar surface area (TPSA) is 114 Å². The molecular weight excluding hydrogens is 388 g/mol. The Labute approximate surface area is 172 Å². The lowest BCUT2D eigenvalue weighted by atomic mass is 10.0. The summed E-state index contributed by atoms with van der Waals surface area (Å²) >= 11 is 0. The number of fused-ring (bicyclic) bond motifs is 1. The fourth-order valence-electron chi connectivity index (χ4n) is 3.51. The van der Waals surface area contributed by atoms with E-state index in [1.54, 1.807) is 38.2 Å². The first-order chi connectivity index (χ1) is 14.3. The van der Waals surface area contributed by atoms with Crippen LogP contribution in [-0.2, 0) is 16.1 Å². The van der Waals surface area contributed by atoms with Gasteiger partial charge in [-0.25, -0.2) is 9.48 Å². The number of hydrogen-bond acceptors (Lipinski definition) is 6. The van der Waals surface area contributed by atoms with Gasteiger partial charge in [0, 0.05) is 37.7 Å². The second-order valence-electron chi connectivity index (χ2n) is 7.13. The molecule has 2 N–H and O–H groups in total. The molecular formula is C21H20N4O5. The van der Waals surface area contributed by atoms with E-state index in [4.69, 9.17) is 4.74 Å². The highest BCUT2D eigenvalue weighted by molar-refractivity contribution is 6.01. The summed E-state index contributed by atoms with van der Waals surface area (Å²) in [6.45, 7) is 2.53. The van der Waals surface area contributed by atoms with E-state index in [9.17, 15) is 19.5 Å². The maximum Gasteiger partial charge on any atom is 0.359 e. The van der Waals surface area contributed by atoms with Crippen LogP contribution in [0.4, 0.5) is 0 Å². The fraction of sp³-hybridized carbons (Fsp3) is 0.333. The Morgan fingerprint density at radius 3 is 2.90 bits per heavy atom. The molecule has 30 heavy (non-hydrogen) atoms. The molecule has 9 nitrogen and oxygen atoms in total. The van der Waals surface area contributed by atoms with Crippen molar-refractivity contribution in [3.05, 3.63) is 46.8 Å². The molecule has 1 atom stereocenters. The van der Waals surface area contributed by atoms with Crippen LogP contribution in [0, 0.1) is 11.8 Å². The van der Waals surface area contributed by atoms with Crippen LogP contribution in [0.15, 0.2) is 24.3 Å². The van der Waals surface area contributed by atoms with E-state index in [1.807, 2.05) is 0 Å². The predicted octanol–water partition coefficient (Wildman–Crippen LogP) is 0.237. The van der Waals surface area contributed by atoms with Gasteiger partial charge < -0.3 is 20.1 Å². The fourth-order valence-corrected chi connectivity index (χ4v) is 3.51. The van der Waals surface area contributed by atoms with E-state index >= 15 is 0 Å². The molecule has 1 aromatic heterocycles. The molecule has 0 unspecified atom stereocenters. The molecule has 0 bridgehead atoms. The smallest absolute Gasteiger partial charge is 0.359 e. The average molecular weight is 408 g/mol. The van der Waals surface area contributed by atoms with Gasteiger partial charge >= 0.3 is 5.97 Å². The van der Waals surface area contributed by atoms with Crippen molar-refractivity contribution < 1.29 is 24.2 Å². The largest absolute Gasteiger partial charge is 0.461 e. The van der Waals surface area contributed by atoms with E-state index in [2.05, 4.69) is 22.3 Å². The first-order valence-electron chi connectivity index (χ1n) is 9.53. The number of esters is 1. The molecule has 9 heteroatoms. The third-order valence-corrected chi connectivity index (χ3v) is 5.11. The van der Waals surface area contributed by atoms with Crippen molar-refractivity contribution in [1.29, 1.82) is 0 Å². The van der Waals surface area contributed by atoms with Gasteiger partial charge in [-0.15, -0.1) is 0 Å². The van der Waals surface area contributed by atoms with Crippen LogP contribution in [0.25, 0.3) is 5.69 Å². The quantitative estimate of drug-likeness (QED) is 0.556. The molecule has 1 saturated heterocycles. The van der Waals surface area contributed by atoms with Gasteiger partial charge in [0.2, 0.25) is 5.60 Å². The van der Waals surface area contributed by atoms with E-state index in [0.717, 1.165) is 0 Å². The molecule has 2 aromatic rings. The number of likely N-dealkylation sites (tertiary alicyclic amines) is 1. The first kappa shape index (κ1) is 19.7. The molecule has 2 amide bonds. The number of ether oxygens (including phenoxy) is 1. The van der Waals surface area contributed by atoms with Gasteiger partial charge in [0.15, 0.2) is 5.69 Å². The Bertz CT molecular complexity index is 1130. The summed E-state index contributed by atoms with van der Waals surface area (Å²) in [5.41, 5.74) is 0.208. The summed E-state index contributed by atoms with van der Waals surface area (Å²) in [7, 11) is 1.62. The van der Waals surface area contributed by atoms with E-state index in [0.29, 0.717) is 23.4 Å². The zero-order valence-corrected chi connectivity index (χ0v) is 16.6. The third-order valence-electron chi connectivity index (χ3n) is 5.11. The minimum absolute atomic E-state index is 0.0931. The van der Waals surface area contributed by atoms with Crippen molar-refractivity contribution in [3.8, 4) is 17.5 Å². The number of aliphatic hydroxyl groups is 1. The van der Waals surface area contributed by atoms with Crippen molar-refractivity contribution in [2.75, 3.05) is 20.2 Å². The monoisotopic (exact) mass is 408 g/mol. The number of carbonyl (C=O) groups excluding carboxylic acids is 3. The Kier molecular flexibility index (Phi) is 4.79. The minimum Gasteiger partial charge on any atom is -0.461 e. The summed E-state index contributed by atoms with van der Waals surface area (Å²) in [5.74, 6) is 4.15. The van der Waals surface area contributed by atoms with Crippen molar-refractivity contribution in [3.63, 3.8) is 0 Å². The number of benzene rings is 1. The van der Waals surface area contributed by atoms with Crippen molar-refractivity contribution in [2.24, 2.45) is 0 Å². The average Bonchev–Trinajstić information content (AvgIpc) is 3.38. The molecule has 4 rings (SSSR count). The number of carbonyl (C=O) groups is 3. The molecule has 0 aliphatic carbocycles. The maximum atomic E-state index is 12.3. The SMILES string of the molecule is CCOC(=O)c1nn(-c2cccc(C#C[C@]3(O)CCN(C)C3=O)c2)c2c1CNC2=O. The third kappa shape index (κ3) is 3.21. The summed E-state index contributed by atoms with van der Waals surface area (Å²) in [6.07, 6.45) is 0.241. The lowest BCUT2D eigenvalue weighted by Crippen LogP contribution is -2.37. The standard InChI is InChI=1S/C21H20N4O5/c1-3-30-19(27)16-15-12-22-18(26)17(15)25(23-16)14-6-4-5-13(11-14)7-8-21(29)9-10-24(2)20(21)28/h4-6,11,29H,3,9-10,12H2,1-2H3,(H,22,26)/t21-/m0/s1. The molecule has 0 saturated carbocycles. The number of aromatic nitrogens is 2. The highest BCUT2D eigenvalue weighted by Gasteiger charge is 2.42. The zero-order chi connectivity index (χ0) is 21.5. The van der Waals surface area contributed by atoms with Crippen LogP contribution >= 0.6 is 0 Å². The van der Waals surface area contributed by atoms with Crippen LogP contribution in [-0.4, -0.2) is 63.4 Å². The molecule has 1 fully saturated rings. The molecule has 2 aliphatic heterocycles. The van der Waals surface area contributed by atoms with Crippen LogP contribution in [0.3, 0.4) is 0 Å². The van der Waals surface area contributed by atoms with Gasteiger partial charge in [0.25, 0.3) is 11.8 Å². The zero-order valence-electron chi connectivity index (χ0n) is 16.6. The molecule has 154 valence electrons. The van der Waals surface area contributed by atoms with Crippen LogP contribution in [0.5, 0.6) is 0 Å². The van der Waals surface area contributed by atoms with Gasteiger partial charge in [-0.05, 0) is 25.1 Å². The normalized spacial score (nSPS) is 19.9. The second-order valence-corrected chi connectivity index (χ2v) is 7.13. The number of amides is 2. The summed E-state index contributed by atoms with van der Waals surface area (Å²) in [6, 6.07) is 6.84. The van der Waals surface area contributed by atoms with Crippen molar-refractivity contribution in [2.45, 2.75) is 25.5 Å². The molecule has 0 spiro atoms. The van der Waals surface area contributed by atoms with Crippen molar-refractivity contribution >= 4 is 17.8 Å². The Hall–Kier alpha value is -3.64. The molecule has 2 aliphatic rings. The van der Waals surface area contributed by atoms with Crippen LogP contribution < -0.4 is 5.32 Å². The molecule has 1 aromatic carbocycles. The number of likely N-dealkylation sites (N-methyl/N-ethyl adjacent to an activating group) is 1. The van der Waals surface area contributed by atoms with Crippen LogP contribution in [0.1, 0.15) is 45.4 Å².